The molecule has 1 aliphatic rings. The molecule has 0 radical (unpaired) electrons. The smallest absolute Gasteiger partial charge is 0.261 e. The summed E-state index contributed by atoms with van der Waals surface area (Å²) in [5.41, 5.74) is 1.19. The maximum Gasteiger partial charge on any atom is 0.261 e. The van der Waals surface area contributed by atoms with E-state index in [0.29, 0.717) is 22.0 Å². The Labute approximate surface area is 148 Å². The number of thiophene rings is 1. The number of carbonyl (C=O) groups is 3. The number of carbonyl (C=O) groups excluding carboxylic acids is 3. The zero-order valence-electron chi connectivity index (χ0n) is 13.0. The van der Waals surface area contributed by atoms with Crippen LogP contribution in [0.25, 0.3) is 0 Å². The summed E-state index contributed by atoms with van der Waals surface area (Å²) in [6.07, 6.45) is 0.138. The summed E-state index contributed by atoms with van der Waals surface area (Å²) in [5, 5.41) is 0. The van der Waals surface area contributed by atoms with Gasteiger partial charge in [0.15, 0.2) is 0 Å². The third kappa shape index (κ3) is 3.34. The van der Waals surface area contributed by atoms with Gasteiger partial charge in [-0.2, -0.15) is 0 Å². The summed E-state index contributed by atoms with van der Waals surface area (Å²) in [5.74, 6) is -1.05. The molecule has 24 heavy (non-hydrogen) atoms. The van der Waals surface area contributed by atoms with Gasteiger partial charge in [-0.05, 0) is 23.8 Å². The summed E-state index contributed by atoms with van der Waals surface area (Å²) in [6, 6.07) is 10.6. The van der Waals surface area contributed by atoms with Crippen LogP contribution >= 0.6 is 22.9 Å². The highest BCUT2D eigenvalue weighted by Gasteiger charge is 2.32. The molecule has 3 rings (SSSR count). The number of hydrogen-bond donors (Lipinski definition) is 0. The largest absolute Gasteiger partial charge is 0.339 e. The molecule has 1 aromatic heterocycles. The Balaban J connectivity index is 1.70. The number of amides is 3. The maximum absolute atomic E-state index is 12.5. The summed E-state index contributed by atoms with van der Waals surface area (Å²) >= 11 is 7.28. The fourth-order valence-corrected chi connectivity index (χ4v) is 3.72. The number of halogens is 1. The van der Waals surface area contributed by atoms with E-state index < -0.39 is 5.91 Å². The molecule has 0 fully saturated rings. The van der Waals surface area contributed by atoms with Gasteiger partial charge in [0.1, 0.15) is 6.54 Å². The molecule has 0 N–H and O–H groups in total. The summed E-state index contributed by atoms with van der Waals surface area (Å²) < 4.78 is 0.656. The molecule has 0 spiro atoms. The number of nitrogens with zero attached hydrogens (tertiary/aromatic N) is 2. The quantitative estimate of drug-likeness (QED) is 0.785. The number of fused-ring (bicyclic) bond motifs is 1. The fourth-order valence-electron chi connectivity index (χ4n) is 2.57. The van der Waals surface area contributed by atoms with Crippen molar-refractivity contribution in [3.63, 3.8) is 0 Å². The van der Waals surface area contributed by atoms with Gasteiger partial charge in [0, 0.05) is 17.5 Å². The molecule has 0 saturated carbocycles. The van der Waals surface area contributed by atoms with E-state index in [1.807, 2.05) is 6.07 Å². The molecule has 2 heterocycles. The van der Waals surface area contributed by atoms with E-state index in [9.17, 15) is 14.4 Å². The number of likely N-dealkylation sites (N-methyl/N-ethyl adjacent to an activating group) is 1. The number of benzene rings is 1. The highest BCUT2D eigenvalue weighted by molar-refractivity contribution is 7.16. The van der Waals surface area contributed by atoms with E-state index >= 15 is 0 Å². The van der Waals surface area contributed by atoms with Crippen molar-refractivity contribution in [2.75, 3.05) is 13.6 Å². The van der Waals surface area contributed by atoms with Gasteiger partial charge >= 0.3 is 0 Å². The number of hydrogen-bond acceptors (Lipinski definition) is 4. The van der Waals surface area contributed by atoms with E-state index in [4.69, 9.17) is 11.6 Å². The number of imide groups is 1. The van der Waals surface area contributed by atoms with Gasteiger partial charge in [-0.25, -0.2) is 0 Å². The van der Waals surface area contributed by atoms with Crippen LogP contribution in [0.4, 0.5) is 0 Å². The Morgan fingerprint density at radius 3 is 2.71 bits per heavy atom. The Kier molecular flexibility index (Phi) is 4.69. The van der Waals surface area contributed by atoms with Gasteiger partial charge in [0.2, 0.25) is 11.8 Å². The first-order valence-corrected chi connectivity index (χ1v) is 8.56. The average Bonchev–Trinajstić information content (AvgIpc) is 2.96. The van der Waals surface area contributed by atoms with Crippen molar-refractivity contribution in [3.05, 3.63) is 56.7 Å². The second-order valence-electron chi connectivity index (χ2n) is 5.57. The van der Waals surface area contributed by atoms with Gasteiger partial charge in [-0.1, -0.05) is 29.8 Å². The lowest BCUT2D eigenvalue weighted by Crippen LogP contribution is -2.47. The van der Waals surface area contributed by atoms with Gasteiger partial charge in [-0.15, -0.1) is 11.3 Å². The van der Waals surface area contributed by atoms with Crippen LogP contribution in [0.3, 0.4) is 0 Å². The normalized spacial score (nSPS) is 13.8. The lowest BCUT2D eigenvalue weighted by Gasteiger charge is -2.28. The SMILES string of the molecule is CN(Cc1ccc(Cl)s1)C(=O)CN1C(=O)Cc2ccccc2C1=O. The topological polar surface area (TPSA) is 57.7 Å². The van der Waals surface area contributed by atoms with Gasteiger partial charge < -0.3 is 4.90 Å². The molecular formula is C17H15ClN2O3S. The van der Waals surface area contributed by atoms with Crippen molar-refractivity contribution >= 4 is 40.7 Å². The van der Waals surface area contributed by atoms with Crippen LogP contribution in [0.2, 0.25) is 4.34 Å². The zero-order chi connectivity index (χ0) is 17.3. The first-order valence-electron chi connectivity index (χ1n) is 7.36. The minimum absolute atomic E-state index is 0.138. The van der Waals surface area contributed by atoms with E-state index in [1.54, 1.807) is 37.4 Å². The predicted molar refractivity (Wildman–Crippen MR) is 92.0 cm³/mol. The van der Waals surface area contributed by atoms with E-state index in [0.717, 1.165) is 9.78 Å². The van der Waals surface area contributed by atoms with Crippen LogP contribution in [0, 0.1) is 0 Å². The zero-order valence-corrected chi connectivity index (χ0v) is 14.6. The lowest BCUT2D eigenvalue weighted by atomic mass is 9.98. The molecule has 0 saturated heterocycles. The Bertz CT molecular complexity index is 818. The third-order valence-corrected chi connectivity index (χ3v) is 5.09. The Morgan fingerprint density at radius 2 is 2.00 bits per heavy atom. The molecule has 0 atom stereocenters. The predicted octanol–water partition coefficient (Wildman–Crippen LogP) is 2.59. The maximum atomic E-state index is 12.5. The second kappa shape index (κ2) is 6.75. The van der Waals surface area contributed by atoms with Gasteiger partial charge in [0.05, 0.1) is 17.3 Å². The van der Waals surface area contributed by atoms with Crippen molar-refractivity contribution in [1.82, 2.24) is 9.80 Å². The Morgan fingerprint density at radius 1 is 1.25 bits per heavy atom. The van der Waals surface area contributed by atoms with E-state index in [1.165, 1.54) is 16.2 Å². The molecule has 0 unspecified atom stereocenters. The van der Waals surface area contributed by atoms with Gasteiger partial charge in [0.25, 0.3) is 5.91 Å². The average molecular weight is 363 g/mol. The lowest BCUT2D eigenvalue weighted by molar-refractivity contribution is -0.137. The fraction of sp³-hybridized carbons (Fsp3) is 0.235. The highest BCUT2D eigenvalue weighted by Crippen LogP contribution is 2.23. The van der Waals surface area contributed by atoms with E-state index in [-0.39, 0.29) is 24.8 Å². The van der Waals surface area contributed by atoms with Crippen molar-refractivity contribution in [2.45, 2.75) is 13.0 Å². The third-order valence-electron chi connectivity index (χ3n) is 3.88. The van der Waals surface area contributed by atoms with Crippen molar-refractivity contribution < 1.29 is 14.4 Å². The molecule has 124 valence electrons. The summed E-state index contributed by atoms with van der Waals surface area (Å²) in [4.78, 5) is 40.5. The number of rotatable bonds is 4. The van der Waals surface area contributed by atoms with E-state index in [2.05, 4.69) is 0 Å². The van der Waals surface area contributed by atoms with Crippen molar-refractivity contribution in [1.29, 1.82) is 0 Å². The Hall–Kier alpha value is -2.18. The van der Waals surface area contributed by atoms with Crippen LogP contribution in [-0.4, -0.2) is 41.1 Å². The summed E-state index contributed by atoms with van der Waals surface area (Å²) in [7, 11) is 1.64. The first-order chi connectivity index (χ1) is 11.5. The first kappa shape index (κ1) is 16.7. The van der Waals surface area contributed by atoms with Crippen LogP contribution < -0.4 is 0 Å². The van der Waals surface area contributed by atoms with Crippen molar-refractivity contribution in [2.24, 2.45) is 0 Å². The molecule has 3 amide bonds. The molecule has 0 bridgehead atoms. The minimum Gasteiger partial charge on any atom is -0.339 e. The molecule has 0 aliphatic carbocycles. The summed E-state index contributed by atoms with van der Waals surface area (Å²) in [6.45, 7) is 0.143. The standard InChI is InChI=1S/C17H15ClN2O3S/c1-19(9-12-6-7-14(18)24-12)16(22)10-20-15(21)8-11-4-2-3-5-13(11)17(20)23/h2-7H,8-10H2,1H3. The molecule has 2 aromatic rings. The minimum atomic E-state index is -0.414. The van der Waals surface area contributed by atoms with Gasteiger partial charge in [-0.3, -0.25) is 19.3 Å². The van der Waals surface area contributed by atoms with Crippen molar-refractivity contribution in [3.8, 4) is 0 Å². The monoisotopic (exact) mass is 362 g/mol. The van der Waals surface area contributed by atoms with Crippen LogP contribution in [0.5, 0.6) is 0 Å². The highest BCUT2D eigenvalue weighted by atomic mass is 35.5. The van der Waals surface area contributed by atoms with Crippen LogP contribution in [-0.2, 0) is 22.6 Å². The molecule has 1 aromatic carbocycles. The molecule has 7 heteroatoms. The van der Waals surface area contributed by atoms with Crippen LogP contribution in [0.1, 0.15) is 20.8 Å². The van der Waals surface area contributed by atoms with Crippen LogP contribution in [0.15, 0.2) is 36.4 Å². The molecule has 5 nitrogen and oxygen atoms in total. The molecular weight excluding hydrogens is 348 g/mol. The second-order valence-corrected chi connectivity index (χ2v) is 7.37. The molecule has 1 aliphatic heterocycles.